The number of nitro benzene ring substituents is 1. The number of nitrogens with two attached hydrogens (primary N) is 1. The molecule has 9 heteroatoms. The van der Waals surface area contributed by atoms with Crippen molar-refractivity contribution in [1.29, 1.82) is 0 Å². The number of halogens is 2. The fraction of sp³-hybridized carbons (Fsp3) is 0.400. The predicted molar refractivity (Wildman–Crippen MR) is 58.2 cm³/mol. The quantitative estimate of drug-likeness (QED) is 0.626. The van der Waals surface area contributed by atoms with Gasteiger partial charge in [0.1, 0.15) is 12.6 Å². The van der Waals surface area contributed by atoms with Crippen LogP contribution in [0.5, 0.6) is 11.5 Å². The van der Waals surface area contributed by atoms with Gasteiger partial charge in [0.25, 0.3) is 11.6 Å². The molecule has 0 spiro atoms. The van der Waals surface area contributed by atoms with Gasteiger partial charge >= 0.3 is 0 Å². The Bertz CT molecular complexity index is 523. The lowest BCUT2D eigenvalue weighted by Crippen LogP contribution is -2.36. The minimum Gasteiger partial charge on any atom is -0.454 e. The Hall–Kier alpha value is -2.00. The minimum absolute atomic E-state index is 0.0926. The summed E-state index contributed by atoms with van der Waals surface area (Å²) >= 11 is 0. The van der Waals surface area contributed by atoms with Crippen LogP contribution < -0.4 is 15.2 Å². The number of aliphatic hydroxyl groups is 1. The number of fused-ring (bicyclic) bond motifs is 1. The van der Waals surface area contributed by atoms with Crippen LogP contribution in [0.3, 0.4) is 0 Å². The first-order valence-electron chi connectivity index (χ1n) is 5.19. The average molecular weight is 276 g/mol. The summed E-state index contributed by atoms with van der Waals surface area (Å²) in [6.07, 6.45) is 0. The van der Waals surface area contributed by atoms with Crippen LogP contribution in [-0.2, 0) is 0 Å². The molecule has 19 heavy (non-hydrogen) atoms. The molecular formula is C10H10F2N2O5. The van der Waals surface area contributed by atoms with Crippen LogP contribution in [0.4, 0.5) is 14.5 Å². The van der Waals surface area contributed by atoms with Gasteiger partial charge in [-0.05, 0) is 6.07 Å². The van der Waals surface area contributed by atoms with Crippen LogP contribution in [0.1, 0.15) is 11.6 Å². The summed E-state index contributed by atoms with van der Waals surface area (Å²) in [5.41, 5.74) is 4.28. The molecule has 1 aromatic rings. The van der Waals surface area contributed by atoms with Crippen molar-refractivity contribution in [2.24, 2.45) is 5.73 Å². The van der Waals surface area contributed by atoms with E-state index in [-0.39, 0.29) is 18.3 Å². The molecule has 2 rings (SSSR count). The summed E-state index contributed by atoms with van der Waals surface area (Å²) in [5.74, 6) is -3.49. The molecule has 0 unspecified atom stereocenters. The van der Waals surface area contributed by atoms with Crippen molar-refractivity contribution in [2.75, 3.05) is 13.4 Å². The Morgan fingerprint density at radius 1 is 1.47 bits per heavy atom. The van der Waals surface area contributed by atoms with Gasteiger partial charge in [0.2, 0.25) is 6.79 Å². The molecule has 0 aliphatic carbocycles. The fourth-order valence-corrected chi connectivity index (χ4v) is 1.68. The Morgan fingerprint density at radius 2 is 2.05 bits per heavy atom. The molecule has 0 radical (unpaired) electrons. The van der Waals surface area contributed by atoms with Gasteiger partial charge in [0.15, 0.2) is 11.5 Å². The highest BCUT2D eigenvalue weighted by Crippen LogP contribution is 2.42. The lowest BCUT2D eigenvalue weighted by Gasteiger charge is -2.21. The molecule has 0 amide bonds. The summed E-state index contributed by atoms with van der Waals surface area (Å²) in [7, 11) is 0. The van der Waals surface area contributed by atoms with Gasteiger partial charge in [-0.2, -0.15) is 0 Å². The molecule has 1 aliphatic heterocycles. The smallest absolute Gasteiger partial charge is 0.289 e. The van der Waals surface area contributed by atoms with Gasteiger partial charge in [0.05, 0.1) is 16.6 Å². The summed E-state index contributed by atoms with van der Waals surface area (Å²) in [5, 5.41) is 19.5. The second-order valence-corrected chi connectivity index (χ2v) is 3.92. The largest absolute Gasteiger partial charge is 0.454 e. The maximum absolute atomic E-state index is 13.4. The topological polar surface area (TPSA) is 108 Å². The van der Waals surface area contributed by atoms with Crippen LogP contribution in [-0.4, -0.2) is 29.4 Å². The Morgan fingerprint density at radius 3 is 2.58 bits per heavy atom. The molecule has 7 nitrogen and oxygen atoms in total. The third-order valence-electron chi connectivity index (χ3n) is 2.72. The SMILES string of the molecule is N[C@@H](c1cc2c(cc1[N+](=O)[O-])OCO2)C(F)(F)CO. The monoisotopic (exact) mass is 276 g/mol. The van der Waals surface area contributed by atoms with E-state index in [9.17, 15) is 18.9 Å². The van der Waals surface area contributed by atoms with Crippen molar-refractivity contribution < 1.29 is 28.3 Å². The van der Waals surface area contributed by atoms with Crippen molar-refractivity contribution in [2.45, 2.75) is 12.0 Å². The number of ether oxygens (including phenoxy) is 2. The predicted octanol–water partition coefficient (Wildman–Crippen LogP) is 0.951. The first-order valence-corrected chi connectivity index (χ1v) is 5.19. The average Bonchev–Trinajstić information content (AvgIpc) is 2.83. The van der Waals surface area contributed by atoms with E-state index in [1.165, 1.54) is 0 Å². The van der Waals surface area contributed by atoms with Crippen molar-refractivity contribution in [3.8, 4) is 11.5 Å². The summed E-state index contributed by atoms with van der Waals surface area (Å²) in [6, 6.07) is -0.00735. The van der Waals surface area contributed by atoms with Gasteiger partial charge in [-0.15, -0.1) is 0 Å². The van der Waals surface area contributed by atoms with Gasteiger partial charge in [-0.25, -0.2) is 8.78 Å². The summed E-state index contributed by atoms with van der Waals surface area (Å²) in [6.45, 7) is -1.67. The van der Waals surface area contributed by atoms with Crippen molar-refractivity contribution in [3.05, 3.63) is 27.8 Å². The van der Waals surface area contributed by atoms with Crippen LogP contribution >= 0.6 is 0 Å². The standard InChI is InChI=1S/C10H10F2N2O5/c11-10(12,3-15)9(13)5-1-7-8(19-4-18-7)2-6(5)14(16)17/h1-2,9,15H,3-4,13H2/t9-/m0/s1. The van der Waals surface area contributed by atoms with Gasteiger partial charge < -0.3 is 20.3 Å². The number of nitro groups is 1. The van der Waals surface area contributed by atoms with E-state index >= 15 is 0 Å². The molecule has 1 aliphatic rings. The van der Waals surface area contributed by atoms with Gasteiger partial charge in [-0.1, -0.05) is 0 Å². The molecule has 0 saturated carbocycles. The van der Waals surface area contributed by atoms with Crippen molar-refractivity contribution in [3.63, 3.8) is 0 Å². The Kier molecular flexibility index (Phi) is 3.25. The zero-order valence-electron chi connectivity index (χ0n) is 9.51. The molecular weight excluding hydrogens is 266 g/mol. The van der Waals surface area contributed by atoms with Crippen LogP contribution in [0.2, 0.25) is 0 Å². The third kappa shape index (κ3) is 2.29. The van der Waals surface area contributed by atoms with E-state index in [0.29, 0.717) is 0 Å². The number of aliphatic hydroxyl groups excluding tert-OH is 1. The number of hydrogen-bond acceptors (Lipinski definition) is 6. The van der Waals surface area contributed by atoms with Crippen molar-refractivity contribution in [1.82, 2.24) is 0 Å². The molecule has 0 bridgehead atoms. The van der Waals surface area contributed by atoms with E-state index in [0.717, 1.165) is 12.1 Å². The van der Waals surface area contributed by atoms with E-state index in [1.54, 1.807) is 0 Å². The maximum atomic E-state index is 13.4. The number of hydrogen-bond donors (Lipinski definition) is 2. The maximum Gasteiger partial charge on any atom is 0.289 e. The normalized spacial score (nSPS) is 15.4. The van der Waals surface area contributed by atoms with E-state index in [2.05, 4.69) is 0 Å². The highest BCUT2D eigenvalue weighted by molar-refractivity contribution is 5.56. The fourth-order valence-electron chi connectivity index (χ4n) is 1.68. The molecule has 1 heterocycles. The second kappa shape index (κ2) is 4.59. The third-order valence-corrected chi connectivity index (χ3v) is 2.72. The molecule has 104 valence electrons. The first-order chi connectivity index (χ1) is 8.86. The van der Waals surface area contributed by atoms with Crippen LogP contribution in [0.15, 0.2) is 12.1 Å². The zero-order chi connectivity index (χ0) is 14.2. The summed E-state index contributed by atoms with van der Waals surface area (Å²) in [4.78, 5) is 10.0. The summed E-state index contributed by atoms with van der Waals surface area (Å²) < 4.78 is 36.6. The zero-order valence-corrected chi connectivity index (χ0v) is 9.51. The van der Waals surface area contributed by atoms with E-state index in [4.69, 9.17) is 20.3 Å². The molecule has 1 aromatic carbocycles. The first kappa shape index (κ1) is 13.4. The lowest BCUT2D eigenvalue weighted by molar-refractivity contribution is -0.386. The van der Waals surface area contributed by atoms with E-state index < -0.39 is 34.7 Å². The van der Waals surface area contributed by atoms with E-state index in [1.807, 2.05) is 0 Å². The van der Waals surface area contributed by atoms with Crippen LogP contribution in [0, 0.1) is 10.1 Å². The van der Waals surface area contributed by atoms with Crippen molar-refractivity contribution >= 4 is 5.69 Å². The van der Waals surface area contributed by atoms with Gasteiger partial charge in [-0.3, -0.25) is 10.1 Å². The highest BCUT2D eigenvalue weighted by atomic mass is 19.3. The molecule has 0 saturated heterocycles. The second-order valence-electron chi connectivity index (χ2n) is 3.92. The number of benzene rings is 1. The Balaban J connectivity index is 2.52. The molecule has 0 fully saturated rings. The molecule has 1 atom stereocenters. The van der Waals surface area contributed by atoms with Gasteiger partial charge in [0, 0.05) is 0 Å². The highest BCUT2D eigenvalue weighted by Gasteiger charge is 2.41. The molecule has 3 N–H and O–H groups in total. The number of rotatable bonds is 4. The number of alkyl halides is 2. The Labute approximate surface area is 105 Å². The van der Waals surface area contributed by atoms with Crippen LogP contribution in [0.25, 0.3) is 0 Å². The number of nitrogens with zero attached hydrogens (tertiary/aromatic N) is 1. The minimum atomic E-state index is -3.68. The molecule has 0 aromatic heterocycles. The lowest BCUT2D eigenvalue weighted by atomic mass is 9.99.